The molecule has 2 aliphatic carbocycles. The van der Waals surface area contributed by atoms with Crippen LogP contribution < -0.4 is 10.7 Å². The lowest BCUT2D eigenvalue weighted by atomic mass is 9.72. The number of amides is 1. The van der Waals surface area contributed by atoms with Crippen LogP contribution in [0.1, 0.15) is 42.6 Å². The van der Waals surface area contributed by atoms with E-state index in [0.29, 0.717) is 12.5 Å². The van der Waals surface area contributed by atoms with Gasteiger partial charge in [-0.25, -0.2) is 0 Å². The van der Waals surface area contributed by atoms with E-state index in [9.17, 15) is 14.7 Å². The average molecular weight is 380 g/mol. The summed E-state index contributed by atoms with van der Waals surface area (Å²) in [5, 5.41) is 16.7. The van der Waals surface area contributed by atoms with Crippen LogP contribution in [0.15, 0.2) is 51.6 Å². The van der Waals surface area contributed by atoms with Gasteiger partial charge in [-0.15, -0.1) is 0 Å². The molecule has 1 aromatic rings. The van der Waals surface area contributed by atoms with Gasteiger partial charge in [0, 0.05) is 30.3 Å². The molecule has 0 spiro atoms. The first kappa shape index (κ1) is 18.4. The van der Waals surface area contributed by atoms with Crippen molar-refractivity contribution in [3.63, 3.8) is 0 Å². The van der Waals surface area contributed by atoms with Gasteiger partial charge >= 0.3 is 0 Å². The summed E-state index contributed by atoms with van der Waals surface area (Å²) in [5.41, 5.74) is 1.32. The number of fused-ring (bicyclic) bond motifs is 1. The van der Waals surface area contributed by atoms with Gasteiger partial charge in [-0.2, -0.15) is 5.10 Å². The lowest BCUT2D eigenvalue weighted by Crippen LogP contribution is -2.33. The minimum Gasteiger partial charge on any atom is -0.503 e. The fraction of sp³-hybridized carbons (Fsp3) is 0.429. The second kappa shape index (κ2) is 7.22. The molecular formula is C21H24N4O3. The van der Waals surface area contributed by atoms with Crippen molar-refractivity contribution in [3.8, 4) is 5.75 Å². The number of carbonyl (C=O) groups is 1. The molecule has 1 aliphatic heterocycles. The summed E-state index contributed by atoms with van der Waals surface area (Å²) in [7, 11) is 1.44. The van der Waals surface area contributed by atoms with Gasteiger partial charge < -0.3 is 10.4 Å². The largest absolute Gasteiger partial charge is 0.503 e. The molecule has 2 heterocycles. The Hall–Kier alpha value is -2.96. The maximum atomic E-state index is 12.1. The molecule has 0 bridgehead atoms. The summed E-state index contributed by atoms with van der Waals surface area (Å²) < 4.78 is 1.56. The second-order valence-corrected chi connectivity index (χ2v) is 7.71. The lowest BCUT2D eigenvalue weighted by Gasteiger charge is -2.36. The van der Waals surface area contributed by atoms with E-state index in [1.54, 1.807) is 4.68 Å². The van der Waals surface area contributed by atoms with Gasteiger partial charge in [-0.3, -0.25) is 19.3 Å². The number of aliphatic imine (C=N–C) groups is 1. The third-order valence-electron chi connectivity index (χ3n) is 6.02. The summed E-state index contributed by atoms with van der Waals surface area (Å²) in [6.45, 7) is 0.527. The standard InChI is InChI=1S/C21H24N4O3/c1-22-20(28)18-19(27)17(26)12-25(24-18)13-21(8-2-3-9-21)15-6-7-16-14(11-15)5-4-10-23-16/h4-7,10,12,14,26H,2-3,8-9,11,13H2,1H3,(H,22,28). The fourth-order valence-corrected chi connectivity index (χ4v) is 4.55. The van der Waals surface area contributed by atoms with Crippen molar-refractivity contribution >= 4 is 12.1 Å². The Morgan fingerprint density at radius 1 is 1.36 bits per heavy atom. The fourth-order valence-electron chi connectivity index (χ4n) is 4.55. The van der Waals surface area contributed by atoms with Gasteiger partial charge in [0.05, 0.1) is 12.7 Å². The highest BCUT2D eigenvalue weighted by Gasteiger charge is 2.40. The molecule has 28 heavy (non-hydrogen) atoms. The van der Waals surface area contributed by atoms with Crippen molar-refractivity contribution in [1.82, 2.24) is 15.1 Å². The molecule has 1 unspecified atom stereocenters. The van der Waals surface area contributed by atoms with Crippen LogP contribution >= 0.6 is 0 Å². The molecular weight excluding hydrogens is 356 g/mol. The molecule has 0 aromatic carbocycles. The first-order valence-electron chi connectivity index (χ1n) is 9.67. The first-order chi connectivity index (χ1) is 13.5. The predicted octanol–water partition coefficient (Wildman–Crippen LogP) is 2.34. The SMILES string of the molecule is CNC(=O)c1nn(CC2(C3=CC=C4N=CC=CC4C3)CCCC2)cc(O)c1=O. The maximum Gasteiger partial charge on any atom is 0.275 e. The van der Waals surface area contributed by atoms with E-state index in [1.807, 2.05) is 12.3 Å². The van der Waals surface area contributed by atoms with Gasteiger partial charge in [0.15, 0.2) is 11.4 Å². The summed E-state index contributed by atoms with van der Waals surface area (Å²) in [5.74, 6) is -0.754. The number of rotatable bonds is 4. The Morgan fingerprint density at radius 3 is 2.89 bits per heavy atom. The van der Waals surface area contributed by atoms with E-state index in [-0.39, 0.29) is 11.1 Å². The van der Waals surface area contributed by atoms with E-state index >= 15 is 0 Å². The number of allylic oxidation sites excluding steroid dienone is 5. The van der Waals surface area contributed by atoms with E-state index in [1.165, 1.54) is 18.8 Å². The lowest BCUT2D eigenvalue weighted by molar-refractivity contribution is 0.0952. The summed E-state index contributed by atoms with van der Waals surface area (Å²) in [4.78, 5) is 28.5. The van der Waals surface area contributed by atoms with Crippen LogP contribution in [0.4, 0.5) is 0 Å². The highest BCUT2D eigenvalue weighted by Crippen LogP contribution is 2.49. The number of carbonyl (C=O) groups excluding carboxylic acids is 1. The van der Waals surface area contributed by atoms with Crippen molar-refractivity contribution in [2.24, 2.45) is 16.3 Å². The molecule has 7 nitrogen and oxygen atoms in total. The minimum absolute atomic E-state index is 0.0918. The number of dihydropyridines is 1. The van der Waals surface area contributed by atoms with Crippen LogP contribution in [0.25, 0.3) is 0 Å². The molecule has 1 aromatic heterocycles. The van der Waals surface area contributed by atoms with E-state index < -0.39 is 17.1 Å². The monoisotopic (exact) mass is 380 g/mol. The highest BCUT2D eigenvalue weighted by molar-refractivity contribution is 5.92. The number of nitrogens with one attached hydrogen (secondary N) is 1. The molecule has 3 aliphatic rings. The van der Waals surface area contributed by atoms with Crippen LogP contribution in [0.2, 0.25) is 0 Å². The topological polar surface area (TPSA) is 96.6 Å². The Morgan fingerprint density at radius 2 is 2.14 bits per heavy atom. The van der Waals surface area contributed by atoms with Gasteiger partial charge in [-0.1, -0.05) is 30.6 Å². The summed E-state index contributed by atoms with van der Waals surface area (Å²) in [6.07, 6.45) is 16.8. The van der Waals surface area contributed by atoms with Crippen LogP contribution in [0.3, 0.4) is 0 Å². The molecule has 0 radical (unpaired) electrons. The Bertz CT molecular complexity index is 978. The van der Waals surface area contributed by atoms with E-state index in [2.05, 4.69) is 33.6 Å². The molecule has 1 saturated carbocycles. The van der Waals surface area contributed by atoms with Crippen molar-refractivity contribution in [2.45, 2.75) is 38.6 Å². The third-order valence-corrected chi connectivity index (χ3v) is 6.02. The number of hydrogen-bond donors (Lipinski definition) is 2. The molecule has 1 amide bonds. The Kier molecular flexibility index (Phi) is 4.75. The highest BCUT2D eigenvalue weighted by atomic mass is 16.3. The second-order valence-electron chi connectivity index (χ2n) is 7.71. The predicted molar refractivity (Wildman–Crippen MR) is 106 cm³/mol. The normalized spacial score (nSPS) is 22.4. The quantitative estimate of drug-likeness (QED) is 0.838. The van der Waals surface area contributed by atoms with Gasteiger partial charge in [0.2, 0.25) is 0 Å². The van der Waals surface area contributed by atoms with E-state index in [0.717, 1.165) is 37.8 Å². The number of nitrogens with zero attached hydrogens (tertiary/aromatic N) is 3. The number of hydrogen-bond acceptors (Lipinski definition) is 5. The van der Waals surface area contributed by atoms with Crippen molar-refractivity contribution in [2.75, 3.05) is 7.05 Å². The molecule has 7 heteroatoms. The maximum absolute atomic E-state index is 12.1. The van der Waals surface area contributed by atoms with Crippen LogP contribution in [0.5, 0.6) is 5.75 Å². The molecule has 2 N–H and O–H groups in total. The zero-order chi connectivity index (χ0) is 19.7. The van der Waals surface area contributed by atoms with Gasteiger partial charge in [0.1, 0.15) is 0 Å². The molecule has 146 valence electrons. The van der Waals surface area contributed by atoms with Crippen LogP contribution in [-0.4, -0.2) is 34.1 Å². The summed E-state index contributed by atoms with van der Waals surface area (Å²) in [6, 6.07) is 0. The number of aromatic nitrogens is 2. The number of aromatic hydroxyl groups is 1. The minimum atomic E-state index is -0.745. The molecule has 4 rings (SSSR count). The Labute approximate surface area is 163 Å². The zero-order valence-corrected chi connectivity index (χ0v) is 15.9. The Balaban J connectivity index is 1.69. The van der Waals surface area contributed by atoms with Gasteiger partial charge in [0.25, 0.3) is 11.3 Å². The zero-order valence-electron chi connectivity index (χ0n) is 15.9. The van der Waals surface area contributed by atoms with Crippen molar-refractivity contribution in [1.29, 1.82) is 0 Å². The van der Waals surface area contributed by atoms with Crippen molar-refractivity contribution in [3.05, 3.63) is 57.7 Å². The molecule has 1 atom stereocenters. The van der Waals surface area contributed by atoms with Gasteiger partial charge in [-0.05, 0) is 31.4 Å². The first-order valence-corrected chi connectivity index (χ1v) is 9.67. The van der Waals surface area contributed by atoms with Crippen LogP contribution in [-0.2, 0) is 6.54 Å². The van der Waals surface area contributed by atoms with Crippen LogP contribution in [0, 0.1) is 11.3 Å². The molecule has 0 saturated heterocycles. The average Bonchev–Trinajstić information content (AvgIpc) is 3.19. The smallest absolute Gasteiger partial charge is 0.275 e. The summed E-state index contributed by atoms with van der Waals surface area (Å²) >= 11 is 0. The van der Waals surface area contributed by atoms with Crippen molar-refractivity contribution < 1.29 is 9.90 Å². The van der Waals surface area contributed by atoms with E-state index in [4.69, 9.17) is 0 Å². The molecule has 1 fully saturated rings. The third kappa shape index (κ3) is 3.21.